The van der Waals surface area contributed by atoms with Crippen LogP contribution in [0.25, 0.3) is 44.3 Å². The van der Waals surface area contributed by atoms with Gasteiger partial charge in [-0.25, -0.2) is 0 Å². The number of hydrogen-bond donors (Lipinski definition) is 0. The van der Waals surface area contributed by atoms with Gasteiger partial charge in [-0.3, -0.25) is 4.98 Å². The van der Waals surface area contributed by atoms with E-state index in [1.165, 1.54) is 11.1 Å². The molecule has 29 heavy (non-hydrogen) atoms. The number of para-hydroxylation sites is 1. The largest absolute Gasteiger partial charge is 0.455 e. The van der Waals surface area contributed by atoms with Crippen molar-refractivity contribution >= 4 is 21.9 Å². The quantitative estimate of drug-likeness (QED) is 0.316. The molecule has 0 aliphatic carbocycles. The summed E-state index contributed by atoms with van der Waals surface area (Å²) in [6, 6.07) is 27.4. The van der Waals surface area contributed by atoms with Crippen molar-refractivity contribution in [2.24, 2.45) is 0 Å². The Hall–Kier alpha value is -3.39. The third-order valence-electron chi connectivity index (χ3n) is 5.51. The van der Waals surface area contributed by atoms with Gasteiger partial charge in [0.1, 0.15) is 11.2 Å². The maximum atomic E-state index is 6.36. The summed E-state index contributed by atoms with van der Waals surface area (Å²) in [6.45, 7) is 6.61. The van der Waals surface area contributed by atoms with E-state index in [2.05, 4.69) is 93.6 Å². The first-order chi connectivity index (χ1) is 14.0. The van der Waals surface area contributed by atoms with Crippen molar-refractivity contribution in [3.05, 3.63) is 90.6 Å². The van der Waals surface area contributed by atoms with E-state index in [4.69, 9.17) is 9.40 Å². The Kier molecular flexibility index (Phi) is 4.02. The van der Waals surface area contributed by atoms with Gasteiger partial charge in [-0.2, -0.15) is 0 Å². The molecule has 0 aliphatic heterocycles. The van der Waals surface area contributed by atoms with Crippen molar-refractivity contribution < 1.29 is 4.42 Å². The van der Waals surface area contributed by atoms with Crippen molar-refractivity contribution in [3.8, 4) is 22.4 Å². The molecule has 0 spiro atoms. The monoisotopic (exact) mass is 377 g/mol. The van der Waals surface area contributed by atoms with E-state index < -0.39 is 0 Å². The fourth-order valence-electron chi connectivity index (χ4n) is 3.81. The maximum absolute atomic E-state index is 6.36. The number of nitrogens with zero attached hydrogens (tertiary/aromatic N) is 1. The number of fused-ring (bicyclic) bond motifs is 3. The van der Waals surface area contributed by atoms with Crippen LogP contribution >= 0.6 is 0 Å². The Balaban J connectivity index is 1.66. The second-order valence-electron chi connectivity index (χ2n) is 8.54. The molecule has 0 bridgehead atoms. The Labute approximate surface area is 170 Å². The standard InChI is InChI=1S/C27H23NO/c1-27(2,3)20-13-15-24(28-17-20)23-11-7-10-22-21-14-12-19(16-25(21)29-26(22)23)18-8-5-4-6-9-18/h4-17H,1-3H3. The second-order valence-corrected chi connectivity index (χ2v) is 8.54. The zero-order valence-corrected chi connectivity index (χ0v) is 16.9. The highest BCUT2D eigenvalue weighted by atomic mass is 16.3. The fourth-order valence-corrected chi connectivity index (χ4v) is 3.81. The van der Waals surface area contributed by atoms with E-state index >= 15 is 0 Å². The molecule has 0 amide bonds. The van der Waals surface area contributed by atoms with Crippen molar-refractivity contribution in [2.75, 3.05) is 0 Å². The van der Waals surface area contributed by atoms with E-state index in [0.717, 1.165) is 38.8 Å². The van der Waals surface area contributed by atoms with Crippen LogP contribution in [0.15, 0.2) is 89.5 Å². The summed E-state index contributed by atoms with van der Waals surface area (Å²) >= 11 is 0. The van der Waals surface area contributed by atoms with Gasteiger partial charge in [0.15, 0.2) is 0 Å². The molecule has 0 fully saturated rings. The Morgan fingerprint density at radius 1 is 0.724 bits per heavy atom. The lowest BCUT2D eigenvalue weighted by atomic mass is 9.88. The summed E-state index contributed by atoms with van der Waals surface area (Å²) in [5.74, 6) is 0. The molecule has 2 aromatic heterocycles. The number of pyridine rings is 1. The van der Waals surface area contributed by atoms with Crippen LogP contribution in [0.4, 0.5) is 0 Å². The van der Waals surface area contributed by atoms with Gasteiger partial charge in [-0.1, -0.05) is 75.4 Å². The van der Waals surface area contributed by atoms with Crippen LogP contribution in [0, 0.1) is 0 Å². The molecular weight excluding hydrogens is 354 g/mol. The molecule has 0 saturated heterocycles. The molecule has 0 aliphatic rings. The molecule has 5 aromatic rings. The van der Waals surface area contributed by atoms with Crippen LogP contribution < -0.4 is 0 Å². The van der Waals surface area contributed by atoms with Gasteiger partial charge in [0.25, 0.3) is 0 Å². The Morgan fingerprint density at radius 3 is 2.28 bits per heavy atom. The minimum Gasteiger partial charge on any atom is -0.455 e. The van der Waals surface area contributed by atoms with Crippen molar-refractivity contribution in [3.63, 3.8) is 0 Å². The zero-order chi connectivity index (χ0) is 20.0. The Bertz CT molecular complexity index is 1310. The van der Waals surface area contributed by atoms with E-state index in [9.17, 15) is 0 Å². The summed E-state index contributed by atoms with van der Waals surface area (Å²) in [5, 5.41) is 2.26. The van der Waals surface area contributed by atoms with Crippen molar-refractivity contribution in [1.29, 1.82) is 0 Å². The first-order valence-electron chi connectivity index (χ1n) is 9.98. The molecule has 5 rings (SSSR count). The normalized spacial score (nSPS) is 12.0. The molecule has 0 saturated carbocycles. The van der Waals surface area contributed by atoms with Gasteiger partial charge in [0.2, 0.25) is 0 Å². The van der Waals surface area contributed by atoms with Crippen molar-refractivity contribution in [2.45, 2.75) is 26.2 Å². The van der Waals surface area contributed by atoms with Crippen molar-refractivity contribution in [1.82, 2.24) is 4.98 Å². The number of rotatable bonds is 2. The van der Waals surface area contributed by atoms with Crippen LogP contribution in [0.5, 0.6) is 0 Å². The molecule has 2 heteroatoms. The van der Waals surface area contributed by atoms with Crippen LogP contribution in [-0.4, -0.2) is 4.98 Å². The highest BCUT2D eigenvalue weighted by molar-refractivity contribution is 6.10. The molecule has 0 atom stereocenters. The lowest BCUT2D eigenvalue weighted by Crippen LogP contribution is -2.11. The highest BCUT2D eigenvalue weighted by Crippen LogP contribution is 2.37. The third kappa shape index (κ3) is 3.11. The number of benzene rings is 3. The van der Waals surface area contributed by atoms with Gasteiger partial charge < -0.3 is 4.42 Å². The molecule has 0 N–H and O–H groups in total. The van der Waals surface area contributed by atoms with Gasteiger partial charge in [0.05, 0.1) is 5.69 Å². The summed E-state index contributed by atoms with van der Waals surface area (Å²) < 4.78 is 6.36. The first-order valence-corrected chi connectivity index (χ1v) is 9.98. The van der Waals surface area contributed by atoms with E-state index in [1.54, 1.807) is 0 Å². The molecule has 0 unspecified atom stereocenters. The molecule has 2 nitrogen and oxygen atoms in total. The lowest BCUT2D eigenvalue weighted by Gasteiger charge is -2.18. The minimum absolute atomic E-state index is 0.0880. The molecule has 2 heterocycles. The van der Waals surface area contributed by atoms with Gasteiger partial charge in [0, 0.05) is 22.5 Å². The SMILES string of the molecule is CC(C)(C)c1ccc(-c2cccc3c2oc2cc(-c4ccccc4)ccc23)nc1. The zero-order valence-electron chi connectivity index (χ0n) is 16.9. The lowest BCUT2D eigenvalue weighted by molar-refractivity contribution is 0.587. The molecule has 0 radical (unpaired) electrons. The highest BCUT2D eigenvalue weighted by Gasteiger charge is 2.16. The summed E-state index contributed by atoms with van der Waals surface area (Å²) in [4.78, 5) is 4.74. The first kappa shape index (κ1) is 17.7. The van der Waals surface area contributed by atoms with Gasteiger partial charge >= 0.3 is 0 Å². The predicted octanol–water partition coefficient (Wildman–Crippen LogP) is 7.61. The topological polar surface area (TPSA) is 26.0 Å². The van der Waals surface area contributed by atoms with Gasteiger partial charge in [-0.15, -0.1) is 0 Å². The Morgan fingerprint density at radius 2 is 1.55 bits per heavy atom. The summed E-state index contributed by atoms with van der Waals surface area (Å²) in [6.07, 6.45) is 1.98. The minimum atomic E-state index is 0.0880. The average Bonchev–Trinajstić information content (AvgIpc) is 3.12. The van der Waals surface area contributed by atoms with Crippen LogP contribution in [-0.2, 0) is 5.41 Å². The van der Waals surface area contributed by atoms with E-state index in [0.29, 0.717) is 0 Å². The average molecular weight is 377 g/mol. The van der Waals surface area contributed by atoms with Crippen LogP contribution in [0.1, 0.15) is 26.3 Å². The fraction of sp³-hybridized carbons (Fsp3) is 0.148. The summed E-state index contributed by atoms with van der Waals surface area (Å²) in [7, 11) is 0. The summed E-state index contributed by atoms with van der Waals surface area (Å²) in [5.41, 5.74) is 7.42. The van der Waals surface area contributed by atoms with E-state index in [1.807, 2.05) is 12.3 Å². The van der Waals surface area contributed by atoms with Crippen LogP contribution in [0.2, 0.25) is 0 Å². The maximum Gasteiger partial charge on any atom is 0.144 e. The predicted molar refractivity (Wildman–Crippen MR) is 121 cm³/mol. The number of furan rings is 1. The van der Waals surface area contributed by atoms with Gasteiger partial charge in [-0.05, 0) is 46.4 Å². The van der Waals surface area contributed by atoms with E-state index in [-0.39, 0.29) is 5.41 Å². The molecule has 3 aromatic carbocycles. The van der Waals surface area contributed by atoms with Crippen LogP contribution in [0.3, 0.4) is 0 Å². The second kappa shape index (κ2) is 6.59. The molecule has 142 valence electrons. The third-order valence-corrected chi connectivity index (χ3v) is 5.51. The number of hydrogen-bond acceptors (Lipinski definition) is 2. The number of aromatic nitrogens is 1. The molecular formula is C27H23NO. The smallest absolute Gasteiger partial charge is 0.144 e.